The van der Waals surface area contributed by atoms with Gasteiger partial charge in [-0.05, 0) is 39.8 Å². The van der Waals surface area contributed by atoms with Crippen molar-refractivity contribution in [3.8, 4) is 0 Å². The van der Waals surface area contributed by atoms with Crippen LogP contribution in [0.5, 0.6) is 0 Å². The molecule has 4 aromatic rings. The SMILES string of the molecule is NCc1ccc2c(c1)CN(C(c1ccccc1)(c1ccccc1)c1ccccc1)CC2. The normalized spacial score (nSPS) is 14.2. The lowest BCUT2D eigenvalue weighted by Crippen LogP contribution is -2.50. The number of hydrogen-bond acceptors (Lipinski definition) is 2. The summed E-state index contributed by atoms with van der Waals surface area (Å²) in [6.07, 6.45) is 1.04. The molecule has 5 rings (SSSR count). The Labute approximate surface area is 185 Å². The maximum Gasteiger partial charge on any atom is 0.0975 e. The first-order chi connectivity index (χ1) is 15.3. The molecule has 0 unspecified atom stereocenters. The van der Waals surface area contributed by atoms with Gasteiger partial charge in [-0.3, -0.25) is 4.90 Å². The summed E-state index contributed by atoms with van der Waals surface area (Å²) in [4.78, 5) is 2.65. The Kier molecular flexibility index (Phi) is 5.42. The Morgan fingerprint density at radius 1 is 0.645 bits per heavy atom. The van der Waals surface area contributed by atoms with E-state index < -0.39 is 0 Å². The van der Waals surface area contributed by atoms with Crippen molar-refractivity contribution >= 4 is 0 Å². The molecule has 0 aromatic heterocycles. The molecule has 0 atom stereocenters. The Bertz CT molecular complexity index is 1040. The van der Waals surface area contributed by atoms with Crippen molar-refractivity contribution in [2.45, 2.75) is 25.0 Å². The van der Waals surface area contributed by atoms with Crippen LogP contribution in [-0.2, 0) is 25.0 Å². The van der Waals surface area contributed by atoms with Crippen molar-refractivity contribution in [3.63, 3.8) is 0 Å². The van der Waals surface area contributed by atoms with Gasteiger partial charge in [0, 0.05) is 19.6 Å². The summed E-state index contributed by atoms with van der Waals surface area (Å²) < 4.78 is 0. The first-order valence-electron chi connectivity index (χ1n) is 11.0. The molecule has 0 saturated carbocycles. The van der Waals surface area contributed by atoms with Crippen molar-refractivity contribution in [2.24, 2.45) is 5.73 Å². The fourth-order valence-corrected chi connectivity index (χ4v) is 5.11. The lowest BCUT2D eigenvalue weighted by atomic mass is 9.74. The maximum absolute atomic E-state index is 5.96. The average molecular weight is 405 g/mol. The van der Waals surface area contributed by atoms with Crippen LogP contribution in [0.25, 0.3) is 0 Å². The summed E-state index contributed by atoms with van der Waals surface area (Å²) in [7, 11) is 0. The highest BCUT2D eigenvalue weighted by atomic mass is 15.2. The van der Waals surface area contributed by atoms with E-state index in [2.05, 4.69) is 114 Å². The number of hydrogen-bond donors (Lipinski definition) is 1. The number of nitrogens with zero attached hydrogens (tertiary/aromatic N) is 1. The van der Waals surface area contributed by atoms with Gasteiger partial charge in [0.2, 0.25) is 0 Å². The lowest BCUT2D eigenvalue weighted by Gasteiger charge is -2.47. The minimum atomic E-state index is -0.361. The molecule has 0 aliphatic carbocycles. The molecule has 0 radical (unpaired) electrons. The van der Waals surface area contributed by atoms with E-state index in [1.54, 1.807) is 0 Å². The zero-order valence-corrected chi connectivity index (χ0v) is 17.7. The molecule has 154 valence electrons. The Hall–Kier alpha value is -3.20. The molecule has 1 aliphatic heterocycles. The van der Waals surface area contributed by atoms with Crippen LogP contribution in [0, 0.1) is 0 Å². The molecular formula is C29H28N2. The van der Waals surface area contributed by atoms with Crippen molar-refractivity contribution in [2.75, 3.05) is 6.54 Å². The van der Waals surface area contributed by atoms with E-state index in [0.29, 0.717) is 6.54 Å². The van der Waals surface area contributed by atoms with Crippen molar-refractivity contribution in [1.82, 2.24) is 4.90 Å². The minimum Gasteiger partial charge on any atom is -0.326 e. The van der Waals surface area contributed by atoms with Crippen LogP contribution >= 0.6 is 0 Å². The molecule has 1 heterocycles. The van der Waals surface area contributed by atoms with E-state index in [1.165, 1.54) is 33.4 Å². The highest BCUT2D eigenvalue weighted by molar-refractivity contribution is 5.50. The number of nitrogens with two attached hydrogens (primary N) is 1. The van der Waals surface area contributed by atoms with E-state index >= 15 is 0 Å². The van der Waals surface area contributed by atoms with Gasteiger partial charge in [-0.2, -0.15) is 0 Å². The smallest absolute Gasteiger partial charge is 0.0975 e. The fraction of sp³-hybridized carbons (Fsp3) is 0.172. The van der Waals surface area contributed by atoms with Crippen molar-refractivity contribution in [1.29, 1.82) is 0 Å². The highest BCUT2D eigenvalue weighted by Gasteiger charge is 2.43. The molecule has 0 amide bonds. The first-order valence-corrected chi connectivity index (χ1v) is 11.0. The van der Waals surface area contributed by atoms with Crippen LogP contribution in [0.4, 0.5) is 0 Å². The van der Waals surface area contributed by atoms with E-state index in [9.17, 15) is 0 Å². The lowest BCUT2D eigenvalue weighted by molar-refractivity contribution is 0.139. The summed E-state index contributed by atoms with van der Waals surface area (Å²) in [5, 5.41) is 0. The molecule has 31 heavy (non-hydrogen) atoms. The molecule has 4 aromatic carbocycles. The van der Waals surface area contributed by atoms with Gasteiger partial charge in [0.05, 0.1) is 5.54 Å². The van der Waals surface area contributed by atoms with Crippen LogP contribution in [0.15, 0.2) is 109 Å². The standard InChI is InChI=1S/C29H28N2/c30-21-23-16-17-24-18-19-31(22-25(24)20-23)29(26-10-4-1-5-11-26,27-12-6-2-7-13-27)28-14-8-3-9-15-28/h1-17,20H,18-19,21-22,30H2. The largest absolute Gasteiger partial charge is 0.326 e. The molecular weight excluding hydrogens is 376 g/mol. The summed E-state index contributed by atoms with van der Waals surface area (Å²) in [5.74, 6) is 0. The number of rotatable bonds is 5. The van der Waals surface area contributed by atoms with Gasteiger partial charge in [0.1, 0.15) is 0 Å². The average Bonchev–Trinajstić information content (AvgIpc) is 2.86. The zero-order chi connectivity index (χ0) is 21.1. The molecule has 0 fully saturated rings. The third kappa shape index (κ3) is 3.48. The van der Waals surface area contributed by atoms with Crippen LogP contribution in [-0.4, -0.2) is 11.4 Å². The topological polar surface area (TPSA) is 29.3 Å². The van der Waals surface area contributed by atoms with Gasteiger partial charge in [0.25, 0.3) is 0 Å². The van der Waals surface area contributed by atoms with Crippen LogP contribution in [0.3, 0.4) is 0 Å². The molecule has 0 saturated heterocycles. The monoisotopic (exact) mass is 404 g/mol. The molecule has 1 aliphatic rings. The van der Waals surface area contributed by atoms with Crippen molar-refractivity contribution < 1.29 is 0 Å². The number of benzene rings is 4. The van der Waals surface area contributed by atoms with Gasteiger partial charge in [-0.15, -0.1) is 0 Å². The second-order valence-electron chi connectivity index (χ2n) is 8.29. The Morgan fingerprint density at radius 3 is 1.65 bits per heavy atom. The van der Waals surface area contributed by atoms with Crippen LogP contribution in [0.1, 0.15) is 33.4 Å². The first kappa shape index (κ1) is 19.7. The summed E-state index contributed by atoms with van der Waals surface area (Å²) >= 11 is 0. The maximum atomic E-state index is 5.96. The van der Waals surface area contributed by atoms with Gasteiger partial charge < -0.3 is 5.73 Å². The zero-order valence-electron chi connectivity index (χ0n) is 17.7. The van der Waals surface area contributed by atoms with E-state index in [4.69, 9.17) is 5.73 Å². The fourth-order valence-electron chi connectivity index (χ4n) is 5.11. The predicted octanol–water partition coefficient (Wildman–Crippen LogP) is 5.50. The molecule has 2 heteroatoms. The van der Waals surface area contributed by atoms with Gasteiger partial charge in [-0.1, -0.05) is 109 Å². The summed E-state index contributed by atoms with van der Waals surface area (Å²) in [5.41, 5.74) is 13.5. The Balaban J connectivity index is 1.74. The van der Waals surface area contributed by atoms with Crippen molar-refractivity contribution in [3.05, 3.63) is 143 Å². The van der Waals surface area contributed by atoms with Crippen LogP contribution in [0.2, 0.25) is 0 Å². The highest BCUT2D eigenvalue weighted by Crippen LogP contribution is 2.44. The summed E-state index contributed by atoms with van der Waals surface area (Å²) in [6.45, 7) is 2.46. The van der Waals surface area contributed by atoms with Gasteiger partial charge >= 0.3 is 0 Å². The van der Waals surface area contributed by atoms with E-state index in [0.717, 1.165) is 19.5 Å². The molecule has 2 nitrogen and oxygen atoms in total. The second kappa shape index (κ2) is 8.50. The third-order valence-electron chi connectivity index (χ3n) is 6.57. The van der Waals surface area contributed by atoms with Gasteiger partial charge in [0.15, 0.2) is 0 Å². The quantitative estimate of drug-likeness (QED) is 0.445. The molecule has 2 N–H and O–H groups in total. The minimum absolute atomic E-state index is 0.361. The second-order valence-corrected chi connectivity index (χ2v) is 8.29. The van der Waals surface area contributed by atoms with Crippen LogP contribution < -0.4 is 5.73 Å². The number of fused-ring (bicyclic) bond motifs is 1. The third-order valence-corrected chi connectivity index (χ3v) is 6.57. The van der Waals surface area contributed by atoms with E-state index in [1.807, 2.05) is 0 Å². The molecule has 0 bridgehead atoms. The summed E-state index contributed by atoms with van der Waals surface area (Å²) in [6, 6.07) is 39.6. The Morgan fingerprint density at radius 2 is 1.16 bits per heavy atom. The molecule has 0 spiro atoms. The van der Waals surface area contributed by atoms with Gasteiger partial charge in [-0.25, -0.2) is 0 Å². The predicted molar refractivity (Wildman–Crippen MR) is 128 cm³/mol. The van der Waals surface area contributed by atoms with E-state index in [-0.39, 0.29) is 5.54 Å².